The molecular formula is C18H23N3O3. The van der Waals surface area contributed by atoms with Gasteiger partial charge < -0.3 is 11.1 Å². The van der Waals surface area contributed by atoms with Gasteiger partial charge in [0.25, 0.3) is 0 Å². The molecular weight excluding hydrogens is 306 g/mol. The molecule has 1 saturated carbocycles. The number of nitrogens with two attached hydrogens (primary N) is 1. The van der Waals surface area contributed by atoms with Crippen LogP contribution in [0.25, 0.3) is 0 Å². The molecule has 1 heterocycles. The van der Waals surface area contributed by atoms with E-state index in [4.69, 9.17) is 5.73 Å². The zero-order chi connectivity index (χ0) is 17.1. The number of nitrogens with zero attached hydrogens (tertiary/aromatic N) is 1. The van der Waals surface area contributed by atoms with Crippen LogP contribution in [0, 0.1) is 11.8 Å². The van der Waals surface area contributed by atoms with Crippen LogP contribution in [0.5, 0.6) is 0 Å². The van der Waals surface area contributed by atoms with E-state index in [1.807, 2.05) is 24.3 Å². The number of likely N-dealkylation sites (tertiary alicyclic amines) is 1. The summed E-state index contributed by atoms with van der Waals surface area (Å²) in [5, 5.41) is 2.94. The summed E-state index contributed by atoms with van der Waals surface area (Å²) in [6.07, 6.45) is 3.57. The van der Waals surface area contributed by atoms with Crippen molar-refractivity contribution in [3.8, 4) is 0 Å². The van der Waals surface area contributed by atoms with E-state index in [2.05, 4.69) is 5.32 Å². The number of anilines is 1. The highest BCUT2D eigenvalue weighted by Crippen LogP contribution is 2.31. The van der Waals surface area contributed by atoms with E-state index in [9.17, 15) is 14.4 Å². The molecule has 2 atom stereocenters. The Bertz CT molecular complexity index is 625. The number of nitrogens with one attached hydrogen (secondary N) is 1. The normalized spacial score (nSPS) is 23.8. The van der Waals surface area contributed by atoms with Crippen LogP contribution in [0.3, 0.4) is 0 Å². The fourth-order valence-electron chi connectivity index (χ4n) is 3.57. The van der Waals surface area contributed by atoms with E-state index in [1.165, 1.54) is 4.90 Å². The Morgan fingerprint density at radius 2 is 1.79 bits per heavy atom. The Labute approximate surface area is 141 Å². The lowest BCUT2D eigenvalue weighted by Crippen LogP contribution is -2.29. The topological polar surface area (TPSA) is 92.5 Å². The Kier molecular flexibility index (Phi) is 4.94. The third-order valence-corrected chi connectivity index (χ3v) is 5.02. The second kappa shape index (κ2) is 7.13. The summed E-state index contributed by atoms with van der Waals surface area (Å²) in [5.41, 5.74) is 7.34. The molecule has 0 spiro atoms. The summed E-state index contributed by atoms with van der Waals surface area (Å²) < 4.78 is 0. The van der Waals surface area contributed by atoms with E-state index in [-0.39, 0.29) is 29.6 Å². The maximum Gasteiger partial charge on any atom is 0.229 e. The second-order valence-corrected chi connectivity index (χ2v) is 6.59. The first-order valence-electron chi connectivity index (χ1n) is 8.51. The van der Waals surface area contributed by atoms with Gasteiger partial charge in [0.05, 0.1) is 6.54 Å². The number of hydrogen-bond donors (Lipinski definition) is 2. The monoisotopic (exact) mass is 329 g/mol. The van der Waals surface area contributed by atoms with Crippen LogP contribution in [0.2, 0.25) is 0 Å². The quantitative estimate of drug-likeness (QED) is 0.803. The highest BCUT2D eigenvalue weighted by Gasteiger charge is 2.32. The van der Waals surface area contributed by atoms with Crippen LogP contribution in [0.15, 0.2) is 24.3 Å². The molecule has 2 fully saturated rings. The smallest absolute Gasteiger partial charge is 0.229 e. The minimum atomic E-state index is -0.119. The standard InChI is InChI=1S/C18H23N3O3/c19-10-13-2-1-3-15(13)18(24)20-14-6-4-12(5-7-14)11-21-16(22)8-9-17(21)23/h4-7,13,15H,1-3,8-11,19H2,(H,20,24)/t13-,15-/m1/s1. The molecule has 3 amide bonds. The van der Waals surface area contributed by atoms with Gasteiger partial charge in [0.15, 0.2) is 0 Å². The molecule has 0 unspecified atom stereocenters. The fourth-order valence-corrected chi connectivity index (χ4v) is 3.57. The summed E-state index contributed by atoms with van der Waals surface area (Å²) in [6, 6.07) is 7.29. The number of imide groups is 1. The average molecular weight is 329 g/mol. The summed E-state index contributed by atoms with van der Waals surface area (Å²) in [6.45, 7) is 0.846. The first-order valence-corrected chi connectivity index (χ1v) is 8.51. The predicted octanol–water partition coefficient (Wildman–Crippen LogP) is 1.65. The summed E-state index contributed by atoms with van der Waals surface area (Å²) in [7, 11) is 0. The van der Waals surface area contributed by atoms with Gasteiger partial charge in [-0.15, -0.1) is 0 Å². The number of carbonyl (C=O) groups is 3. The van der Waals surface area contributed by atoms with Gasteiger partial charge in [0, 0.05) is 24.4 Å². The molecule has 2 aliphatic rings. The molecule has 6 heteroatoms. The van der Waals surface area contributed by atoms with Crippen molar-refractivity contribution in [2.75, 3.05) is 11.9 Å². The Balaban J connectivity index is 1.59. The van der Waals surface area contributed by atoms with E-state index in [0.29, 0.717) is 25.9 Å². The summed E-state index contributed by atoms with van der Waals surface area (Å²) in [5.74, 6) is 0.0597. The second-order valence-electron chi connectivity index (χ2n) is 6.59. The van der Waals surface area contributed by atoms with Crippen molar-refractivity contribution in [2.24, 2.45) is 17.6 Å². The summed E-state index contributed by atoms with van der Waals surface area (Å²) >= 11 is 0. The molecule has 128 valence electrons. The van der Waals surface area contributed by atoms with Gasteiger partial charge in [-0.3, -0.25) is 19.3 Å². The van der Waals surface area contributed by atoms with Crippen LogP contribution in [-0.4, -0.2) is 29.2 Å². The first-order chi connectivity index (χ1) is 11.6. The van der Waals surface area contributed by atoms with Crippen LogP contribution in [0.1, 0.15) is 37.7 Å². The van der Waals surface area contributed by atoms with Crippen LogP contribution < -0.4 is 11.1 Å². The van der Waals surface area contributed by atoms with Gasteiger partial charge in [-0.1, -0.05) is 18.6 Å². The third kappa shape index (κ3) is 3.48. The molecule has 24 heavy (non-hydrogen) atoms. The van der Waals surface area contributed by atoms with E-state index >= 15 is 0 Å². The van der Waals surface area contributed by atoms with Gasteiger partial charge in [-0.05, 0) is 43.0 Å². The lowest BCUT2D eigenvalue weighted by molar-refractivity contribution is -0.139. The molecule has 1 aliphatic carbocycles. The molecule has 3 rings (SSSR count). The third-order valence-electron chi connectivity index (χ3n) is 5.02. The first kappa shape index (κ1) is 16.6. The Morgan fingerprint density at radius 3 is 2.42 bits per heavy atom. The van der Waals surface area contributed by atoms with E-state index < -0.39 is 0 Å². The fraction of sp³-hybridized carbons (Fsp3) is 0.500. The van der Waals surface area contributed by atoms with E-state index in [0.717, 1.165) is 30.5 Å². The predicted molar refractivity (Wildman–Crippen MR) is 89.7 cm³/mol. The molecule has 6 nitrogen and oxygen atoms in total. The van der Waals surface area contributed by atoms with Crippen molar-refractivity contribution in [1.29, 1.82) is 0 Å². The lowest BCUT2D eigenvalue weighted by Gasteiger charge is -2.18. The maximum atomic E-state index is 12.4. The molecule has 0 aromatic heterocycles. The minimum Gasteiger partial charge on any atom is -0.330 e. The minimum absolute atomic E-state index is 0.00507. The zero-order valence-electron chi connectivity index (χ0n) is 13.7. The molecule has 0 radical (unpaired) electrons. The SMILES string of the molecule is NC[C@H]1CCC[C@H]1C(=O)Nc1ccc(CN2C(=O)CCC2=O)cc1. The van der Waals surface area contributed by atoms with Gasteiger partial charge in [0.1, 0.15) is 0 Å². The van der Waals surface area contributed by atoms with Gasteiger partial charge in [-0.2, -0.15) is 0 Å². The number of carbonyl (C=O) groups excluding carboxylic acids is 3. The Morgan fingerprint density at radius 1 is 1.12 bits per heavy atom. The van der Waals surface area contributed by atoms with Crippen molar-refractivity contribution < 1.29 is 14.4 Å². The molecule has 1 aromatic carbocycles. The van der Waals surface area contributed by atoms with Gasteiger partial charge >= 0.3 is 0 Å². The molecule has 3 N–H and O–H groups in total. The van der Waals surface area contributed by atoms with Crippen molar-refractivity contribution in [3.05, 3.63) is 29.8 Å². The molecule has 1 saturated heterocycles. The van der Waals surface area contributed by atoms with Crippen molar-refractivity contribution in [3.63, 3.8) is 0 Å². The maximum absolute atomic E-state index is 12.4. The zero-order valence-corrected chi connectivity index (χ0v) is 13.7. The number of amides is 3. The van der Waals surface area contributed by atoms with Crippen molar-refractivity contribution in [1.82, 2.24) is 4.90 Å². The van der Waals surface area contributed by atoms with Crippen LogP contribution in [-0.2, 0) is 20.9 Å². The number of benzene rings is 1. The van der Waals surface area contributed by atoms with Crippen LogP contribution in [0.4, 0.5) is 5.69 Å². The molecule has 1 aliphatic heterocycles. The molecule has 0 bridgehead atoms. The highest BCUT2D eigenvalue weighted by molar-refractivity contribution is 6.01. The average Bonchev–Trinajstić information content (AvgIpc) is 3.18. The number of rotatable bonds is 5. The lowest BCUT2D eigenvalue weighted by atomic mass is 9.95. The Hall–Kier alpha value is -2.21. The summed E-state index contributed by atoms with van der Waals surface area (Å²) in [4.78, 5) is 37.0. The number of hydrogen-bond acceptors (Lipinski definition) is 4. The van der Waals surface area contributed by atoms with Crippen molar-refractivity contribution in [2.45, 2.75) is 38.6 Å². The largest absolute Gasteiger partial charge is 0.330 e. The highest BCUT2D eigenvalue weighted by atomic mass is 16.2. The van der Waals surface area contributed by atoms with Gasteiger partial charge in [-0.25, -0.2) is 0 Å². The molecule has 1 aromatic rings. The van der Waals surface area contributed by atoms with E-state index in [1.54, 1.807) is 0 Å². The van der Waals surface area contributed by atoms with Gasteiger partial charge in [0.2, 0.25) is 17.7 Å². The van der Waals surface area contributed by atoms with Crippen molar-refractivity contribution >= 4 is 23.4 Å². The van der Waals surface area contributed by atoms with Crippen LogP contribution >= 0.6 is 0 Å².